The average molecular weight is 217 g/mol. The van der Waals surface area contributed by atoms with Crippen molar-refractivity contribution in [3.8, 4) is 0 Å². The van der Waals surface area contributed by atoms with E-state index in [1.165, 1.54) is 7.11 Å². The summed E-state index contributed by atoms with van der Waals surface area (Å²) >= 11 is 1.79. The second-order valence-corrected chi connectivity index (χ2v) is 3.94. The van der Waals surface area contributed by atoms with E-state index in [4.69, 9.17) is 5.73 Å². The summed E-state index contributed by atoms with van der Waals surface area (Å²) in [6.45, 7) is 2.68. The Balaban J connectivity index is 3.76. The molecule has 0 radical (unpaired) electrons. The van der Waals surface area contributed by atoms with Crippen LogP contribution < -0.4 is 5.73 Å². The molecule has 0 saturated carbocycles. The van der Waals surface area contributed by atoms with Gasteiger partial charge in [-0.1, -0.05) is 13.0 Å². The lowest BCUT2D eigenvalue weighted by Gasteiger charge is -2.01. The van der Waals surface area contributed by atoms with E-state index in [1.807, 2.05) is 13.0 Å². The van der Waals surface area contributed by atoms with Crippen molar-refractivity contribution < 1.29 is 9.53 Å². The summed E-state index contributed by atoms with van der Waals surface area (Å²) in [6, 6.07) is 0. The van der Waals surface area contributed by atoms with E-state index < -0.39 is 0 Å². The van der Waals surface area contributed by atoms with Crippen LogP contribution >= 0.6 is 11.8 Å². The highest BCUT2D eigenvalue weighted by Gasteiger charge is 2.05. The van der Waals surface area contributed by atoms with Gasteiger partial charge >= 0.3 is 5.97 Å². The molecular formula is C10H19NO2S. The van der Waals surface area contributed by atoms with Crippen molar-refractivity contribution in [3.63, 3.8) is 0 Å². The fourth-order valence-electron chi connectivity index (χ4n) is 0.931. The Bertz CT molecular complexity index is 193. The molecule has 0 spiro atoms. The van der Waals surface area contributed by atoms with Crippen molar-refractivity contribution in [3.05, 3.63) is 11.6 Å². The van der Waals surface area contributed by atoms with Crippen molar-refractivity contribution in [2.45, 2.75) is 19.8 Å². The van der Waals surface area contributed by atoms with Gasteiger partial charge in [0.2, 0.25) is 0 Å². The van der Waals surface area contributed by atoms with Crippen molar-refractivity contribution in [2.24, 2.45) is 5.73 Å². The van der Waals surface area contributed by atoms with Crippen LogP contribution in [0.1, 0.15) is 19.8 Å². The van der Waals surface area contributed by atoms with Gasteiger partial charge in [-0.2, -0.15) is 11.8 Å². The summed E-state index contributed by atoms with van der Waals surface area (Å²) < 4.78 is 4.64. The molecule has 82 valence electrons. The summed E-state index contributed by atoms with van der Waals surface area (Å²) in [4.78, 5) is 11.1. The second kappa shape index (κ2) is 9.09. The Morgan fingerprint density at radius 3 is 2.79 bits per heavy atom. The number of carbonyl (C=O) groups excluding carboxylic acids is 1. The largest absolute Gasteiger partial charge is 0.466 e. The first-order chi connectivity index (χ1) is 6.76. The van der Waals surface area contributed by atoms with Gasteiger partial charge in [0, 0.05) is 11.3 Å². The average Bonchev–Trinajstić information content (AvgIpc) is 2.22. The quantitative estimate of drug-likeness (QED) is 0.399. The molecule has 0 aliphatic carbocycles. The van der Waals surface area contributed by atoms with Crippen LogP contribution in [0.3, 0.4) is 0 Å². The van der Waals surface area contributed by atoms with Gasteiger partial charge in [-0.05, 0) is 25.1 Å². The summed E-state index contributed by atoms with van der Waals surface area (Å²) in [5.41, 5.74) is 6.12. The van der Waals surface area contributed by atoms with E-state index in [2.05, 4.69) is 4.74 Å². The molecule has 0 heterocycles. The lowest BCUT2D eigenvalue weighted by molar-refractivity contribution is -0.136. The maximum Gasteiger partial charge on any atom is 0.333 e. The fraction of sp³-hybridized carbons (Fsp3) is 0.700. The third kappa shape index (κ3) is 6.05. The number of methoxy groups -OCH3 is 1. The molecular weight excluding hydrogens is 198 g/mol. The third-order valence-electron chi connectivity index (χ3n) is 1.77. The molecule has 0 fully saturated rings. The molecule has 3 nitrogen and oxygen atoms in total. The first-order valence-electron chi connectivity index (χ1n) is 4.81. The molecule has 0 amide bonds. The van der Waals surface area contributed by atoms with Crippen molar-refractivity contribution >= 4 is 17.7 Å². The molecule has 4 heteroatoms. The Morgan fingerprint density at radius 2 is 2.29 bits per heavy atom. The number of hydrogen-bond donors (Lipinski definition) is 1. The summed E-state index contributed by atoms with van der Waals surface area (Å²) in [5.74, 6) is 1.69. The molecule has 0 saturated heterocycles. The number of esters is 1. The lowest BCUT2D eigenvalue weighted by atomic mass is 10.2. The first-order valence-corrected chi connectivity index (χ1v) is 5.96. The number of hydrogen-bond acceptors (Lipinski definition) is 4. The number of thioether (sulfide) groups is 1. The minimum Gasteiger partial charge on any atom is -0.466 e. The third-order valence-corrected chi connectivity index (χ3v) is 2.75. The molecule has 0 unspecified atom stereocenters. The topological polar surface area (TPSA) is 52.3 Å². The van der Waals surface area contributed by atoms with Crippen LogP contribution in [0.25, 0.3) is 0 Å². The van der Waals surface area contributed by atoms with Crippen LogP contribution in [0, 0.1) is 0 Å². The molecule has 0 aliphatic rings. The van der Waals surface area contributed by atoms with E-state index in [0.717, 1.165) is 36.5 Å². The predicted molar refractivity (Wildman–Crippen MR) is 61.4 cm³/mol. The van der Waals surface area contributed by atoms with Crippen LogP contribution in [0.5, 0.6) is 0 Å². The maximum absolute atomic E-state index is 11.1. The Morgan fingerprint density at radius 1 is 1.57 bits per heavy atom. The van der Waals surface area contributed by atoms with Gasteiger partial charge in [0.15, 0.2) is 0 Å². The number of rotatable bonds is 7. The molecule has 0 aliphatic heterocycles. The van der Waals surface area contributed by atoms with E-state index in [-0.39, 0.29) is 5.97 Å². The minimum atomic E-state index is -0.216. The molecule has 0 rings (SSSR count). The van der Waals surface area contributed by atoms with Crippen LogP contribution in [-0.2, 0) is 9.53 Å². The summed E-state index contributed by atoms with van der Waals surface area (Å²) in [5, 5.41) is 0. The lowest BCUT2D eigenvalue weighted by Crippen LogP contribution is -2.04. The Hall–Kier alpha value is -0.480. The standard InChI is InChI=1S/C10H19NO2S/c1-3-9(10(12)13-2)5-8-14-7-4-6-11/h5H,3-4,6-8,11H2,1-2H3. The Kier molecular flexibility index (Phi) is 8.78. The first kappa shape index (κ1) is 13.5. The Labute approximate surface area is 90.1 Å². The monoisotopic (exact) mass is 217 g/mol. The SMILES string of the molecule is CCC(=CCSCCCN)C(=O)OC. The van der Waals surface area contributed by atoms with Gasteiger partial charge < -0.3 is 10.5 Å². The molecule has 0 atom stereocenters. The molecule has 0 aromatic carbocycles. The normalized spacial score (nSPS) is 11.5. The van der Waals surface area contributed by atoms with Gasteiger partial charge in [0.25, 0.3) is 0 Å². The minimum absolute atomic E-state index is 0.216. The van der Waals surface area contributed by atoms with Crippen LogP contribution in [-0.4, -0.2) is 31.1 Å². The predicted octanol–water partition coefficient (Wildman–Crippen LogP) is 1.58. The second-order valence-electron chi connectivity index (χ2n) is 2.79. The number of nitrogens with two attached hydrogens (primary N) is 1. The van der Waals surface area contributed by atoms with E-state index in [1.54, 1.807) is 11.8 Å². The molecule has 0 aromatic rings. The van der Waals surface area contributed by atoms with Crippen LogP contribution in [0.2, 0.25) is 0 Å². The zero-order valence-corrected chi connectivity index (χ0v) is 9.73. The van der Waals surface area contributed by atoms with Gasteiger partial charge in [0.05, 0.1) is 7.11 Å². The van der Waals surface area contributed by atoms with Gasteiger partial charge in [-0.3, -0.25) is 0 Å². The van der Waals surface area contributed by atoms with Gasteiger partial charge in [0.1, 0.15) is 0 Å². The summed E-state index contributed by atoms with van der Waals surface area (Å²) in [7, 11) is 1.41. The highest BCUT2D eigenvalue weighted by molar-refractivity contribution is 7.99. The van der Waals surface area contributed by atoms with Gasteiger partial charge in [-0.25, -0.2) is 4.79 Å². The zero-order chi connectivity index (χ0) is 10.8. The van der Waals surface area contributed by atoms with Crippen molar-refractivity contribution in [2.75, 3.05) is 25.2 Å². The summed E-state index contributed by atoms with van der Waals surface area (Å²) in [6.07, 6.45) is 3.69. The number of carbonyl (C=O) groups is 1. The fourth-order valence-corrected chi connectivity index (χ4v) is 1.79. The molecule has 2 N–H and O–H groups in total. The zero-order valence-electron chi connectivity index (χ0n) is 8.91. The van der Waals surface area contributed by atoms with Crippen LogP contribution in [0.15, 0.2) is 11.6 Å². The van der Waals surface area contributed by atoms with E-state index in [0.29, 0.717) is 0 Å². The van der Waals surface area contributed by atoms with Gasteiger partial charge in [-0.15, -0.1) is 0 Å². The smallest absolute Gasteiger partial charge is 0.333 e. The molecule has 14 heavy (non-hydrogen) atoms. The van der Waals surface area contributed by atoms with Crippen molar-refractivity contribution in [1.29, 1.82) is 0 Å². The molecule has 0 aromatic heterocycles. The van der Waals surface area contributed by atoms with E-state index in [9.17, 15) is 4.79 Å². The maximum atomic E-state index is 11.1. The van der Waals surface area contributed by atoms with Crippen LogP contribution in [0.4, 0.5) is 0 Å². The highest BCUT2D eigenvalue weighted by atomic mass is 32.2. The highest BCUT2D eigenvalue weighted by Crippen LogP contribution is 2.08. The number of ether oxygens (including phenoxy) is 1. The molecule has 0 bridgehead atoms. The van der Waals surface area contributed by atoms with Crippen molar-refractivity contribution in [1.82, 2.24) is 0 Å². The van der Waals surface area contributed by atoms with E-state index >= 15 is 0 Å².